The molecule has 1 fully saturated rings. The predicted molar refractivity (Wildman–Crippen MR) is 109 cm³/mol. The Morgan fingerprint density at radius 2 is 2.03 bits per heavy atom. The molecule has 7 heteroatoms. The van der Waals surface area contributed by atoms with Crippen molar-refractivity contribution in [1.82, 2.24) is 15.2 Å². The number of aromatic nitrogens is 3. The molecule has 1 saturated carbocycles. The Morgan fingerprint density at radius 1 is 1.21 bits per heavy atom. The molecule has 1 aromatic carbocycles. The average Bonchev–Trinajstić information content (AvgIpc) is 2.69. The molecule has 6 nitrogen and oxygen atoms in total. The molecule has 0 spiro atoms. The predicted octanol–water partition coefficient (Wildman–Crippen LogP) is 3.62. The molecule has 29 heavy (non-hydrogen) atoms. The Balaban J connectivity index is 1.54. The highest BCUT2D eigenvalue weighted by atomic mass is 19.1. The fourth-order valence-corrected chi connectivity index (χ4v) is 3.76. The van der Waals surface area contributed by atoms with Crippen LogP contribution >= 0.6 is 0 Å². The number of pyridine rings is 1. The van der Waals surface area contributed by atoms with E-state index in [2.05, 4.69) is 20.5 Å². The Labute approximate surface area is 168 Å². The quantitative estimate of drug-likeness (QED) is 0.669. The van der Waals surface area contributed by atoms with E-state index in [4.69, 9.17) is 5.73 Å². The summed E-state index contributed by atoms with van der Waals surface area (Å²) in [5, 5.41) is 11.9. The van der Waals surface area contributed by atoms with E-state index in [1.54, 1.807) is 30.5 Å². The average molecular weight is 391 g/mol. The Morgan fingerprint density at radius 3 is 2.69 bits per heavy atom. The number of benzene rings is 1. The lowest BCUT2D eigenvalue weighted by Crippen LogP contribution is -2.42. The zero-order valence-electron chi connectivity index (χ0n) is 16.2. The van der Waals surface area contributed by atoms with Gasteiger partial charge >= 0.3 is 0 Å². The van der Waals surface area contributed by atoms with Crippen LogP contribution in [0.2, 0.25) is 0 Å². The molecule has 2 aromatic heterocycles. The van der Waals surface area contributed by atoms with Crippen molar-refractivity contribution in [3.05, 3.63) is 71.3 Å². The number of rotatable bonds is 6. The van der Waals surface area contributed by atoms with Crippen LogP contribution in [-0.2, 0) is 5.41 Å². The van der Waals surface area contributed by atoms with Crippen molar-refractivity contribution in [3.8, 4) is 11.3 Å². The van der Waals surface area contributed by atoms with Crippen molar-refractivity contribution in [2.24, 2.45) is 5.73 Å². The highest BCUT2D eigenvalue weighted by Gasteiger charge is 2.41. The van der Waals surface area contributed by atoms with Crippen LogP contribution in [0.3, 0.4) is 0 Å². The van der Waals surface area contributed by atoms with E-state index >= 15 is 0 Å². The molecule has 148 valence electrons. The van der Waals surface area contributed by atoms with Gasteiger partial charge < -0.3 is 11.1 Å². The smallest absolute Gasteiger partial charge is 0.248 e. The standard InChI is InChI=1S/C22H22FN5O/c1-14-11-18(15-5-2-6-16(12-15)20(24)29)27-28-21(14)26-13-22(8-4-9-22)19-17(23)7-3-10-25-19/h2-3,5-7,10-12H,4,8-9,13H2,1H3,(H2,24,29)(H,26,28). The van der Waals surface area contributed by atoms with Crippen molar-refractivity contribution < 1.29 is 9.18 Å². The molecular weight excluding hydrogens is 369 g/mol. The molecule has 3 aromatic rings. The third-order valence-corrected chi connectivity index (χ3v) is 5.59. The van der Waals surface area contributed by atoms with Crippen molar-refractivity contribution in [3.63, 3.8) is 0 Å². The molecule has 0 saturated heterocycles. The van der Waals surface area contributed by atoms with E-state index in [1.807, 2.05) is 19.1 Å². The van der Waals surface area contributed by atoms with Crippen LogP contribution in [0.25, 0.3) is 11.3 Å². The molecule has 4 rings (SSSR count). The minimum absolute atomic E-state index is 0.263. The minimum Gasteiger partial charge on any atom is -0.367 e. The zero-order valence-corrected chi connectivity index (χ0v) is 16.2. The van der Waals surface area contributed by atoms with Gasteiger partial charge in [0.2, 0.25) is 5.91 Å². The molecular formula is C22H22FN5O. The topological polar surface area (TPSA) is 93.8 Å². The van der Waals surface area contributed by atoms with Gasteiger partial charge in [-0.1, -0.05) is 18.6 Å². The van der Waals surface area contributed by atoms with E-state index in [9.17, 15) is 9.18 Å². The van der Waals surface area contributed by atoms with Gasteiger partial charge in [0, 0.05) is 29.3 Å². The van der Waals surface area contributed by atoms with E-state index in [-0.39, 0.29) is 11.2 Å². The maximum atomic E-state index is 14.3. The van der Waals surface area contributed by atoms with Gasteiger partial charge in [-0.15, -0.1) is 10.2 Å². The largest absolute Gasteiger partial charge is 0.367 e. The molecule has 0 unspecified atom stereocenters. The van der Waals surface area contributed by atoms with E-state index in [0.717, 1.165) is 30.4 Å². The number of hydrogen-bond donors (Lipinski definition) is 2. The summed E-state index contributed by atoms with van der Waals surface area (Å²) in [5.41, 5.74) is 8.33. The SMILES string of the molecule is Cc1cc(-c2cccc(C(N)=O)c2)nnc1NCC1(c2ncccc2F)CCC1. The summed E-state index contributed by atoms with van der Waals surface area (Å²) in [6.45, 7) is 2.49. The first-order valence-corrected chi connectivity index (χ1v) is 9.58. The number of nitrogens with one attached hydrogen (secondary N) is 1. The number of primary amides is 1. The van der Waals surface area contributed by atoms with Gasteiger partial charge in [-0.3, -0.25) is 9.78 Å². The molecule has 1 aliphatic rings. The second-order valence-electron chi connectivity index (χ2n) is 7.53. The Hall–Kier alpha value is -3.35. The number of nitrogens with two attached hydrogens (primary N) is 1. The molecule has 0 aliphatic heterocycles. The van der Waals surface area contributed by atoms with Gasteiger partial charge in [-0.2, -0.15) is 0 Å². The lowest BCUT2D eigenvalue weighted by Gasteiger charge is -2.41. The van der Waals surface area contributed by atoms with E-state index in [1.165, 1.54) is 6.07 Å². The number of hydrogen-bond acceptors (Lipinski definition) is 5. The van der Waals surface area contributed by atoms with E-state index in [0.29, 0.717) is 29.3 Å². The summed E-state index contributed by atoms with van der Waals surface area (Å²) >= 11 is 0. The first-order valence-electron chi connectivity index (χ1n) is 9.58. The summed E-state index contributed by atoms with van der Waals surface area (Å²) in [6.07, 6.45) is 4.47. The van der Waals surface area contributed by atoms with Crippen LogP contribution in [0.4, 0.5) is 10.2 Å². The van der Waals surface area contributed by atoms with Crippen LogP contribution in [0.1, 0.15) is 40.9 Å². The lowest BCUT2D eigenvalue weighted by atomic mass is 9.66. The third kappa shape index (κ3) is 3.68. The maximum absolute atomic E-state index is 14.3. The number of halogens is 1. The maximum Gasteiger partial charge on any atom is 0.248 e. The van der Waals surface area contributed by atoms with Gasteiger partial charge in [0.1, 0.15) is 5.82 Å². The van der Waals surface area contributed by atoms with Crippen LogP contribution in [-0.4, -0.2) is 27.6 Å². The van der Waals surface area contributed by atoms with Crippen molar-refractivity contribution in [2.75, 3.05) is 11.9 Å². The molecule has 0 bridgehead atoms. The number of nitrogens with zero attached hydrogens (tertiary/aromatic N) is 3. The molecule has 3 N–H and O–H groups in total. The van der Waals surface area contributed by atoms with Gasteiger partial charge in [-0.25, -0.2) is 4.39 Å². The molecule has 1 amide bonds. The molecule has 2 heterocycles. The highest BCUT2D eigenvalue weighted by molar-refractivity contribution is 5.94. The van der Waals surface area contributed by atoms with Crippen molar-refractivity contribution >= 4 is 11.7 Å². The summed E-state index contributed by atoms with van der Waals surface area (Å²) in [7, 11) is 0. The monoisotopic (exact) mass is 391 g/mol. The number of aryl methyl sites for hydroxylation is 1. The normalized spacial score (nSPS) is 14.8. The molecule has 1 aliphatic carbocycles. The first-order chi connectivity index (χ1) is 14.0. The minimum atomic E-state index is -0.484. The second-order valence-corrected chi connectivity index (χ2v) is 7.53. The molecule has 0 atom stereocenters. The molecule has 0 radical (unpaired) electrons. The highest BCUT2D eigenvalue weighted by Crippen LogP contribution is 2.43. The van der Waals surface area contributed by atoms with Crippen LogP contribution < -0.4 is 11.1 Å². The van der Waals surface area contributed by atoms with Crippen molar-refractivity contribution in [1.29, 1.82) is 0 Å². The van der Waals surface area contributed by atoms with Gasteiger partial charge in [0.25, 0.3) is 0 Å². The van der Waals surface area contributed by atoms with E-state index < -0.39 is 5.91 Å². The Bertz CT molecular complexity index is 1060. The first kappa shape index (κ1) is 19.0. The summed E-state index contributed by atoms with van der Waals surface area (Å²) in [4.78, 5) is 15.7. The van der Waals surface area contributed by atoms with Crippen LogP contribution in [0.15, 0.2) is 48.7 Å². The fourth-order valence-electron chi connectivity index (χ4n) is 3.76. The Kier molecular flexibility index (Phi) is 4.96. The number of carbonyl (C=O) groups is 1. The number of anilines is 1. The number of amides is 1. The third-order valence-electron chi connectivity index (χ3n) is 5.59. The zero-order chi connectivity index (χ0) is 20.4. The van der Waals surface area contributed by atoms with Crippen LogP contribution in [0.5, 0.6) is 0 Å². The van der Waals surface area contributed by atoms with Crippen LogP contribution in [0, 0.1) is 12.7 Å². The van der Waals surface area contributed by atoms with Gasteiger partial charge in [0.05, 0.1) is 11.4 Å². The fraction of sp³-hybridized carbons (Fsp3) is 0.273. The summed E-state index contributed by atoms with van der Waals surface area (Å²) in [6, 6.07) is 12.0. The lowest BCUT2D eigenvalue weighted by molar-refractivity contribution is 0.100. The van der Waals surface area contributed by atoms with Crippen molar-refractivity contribution in [2.45, 2.75) is 31.6 Å². The number of carbonyl (C=O) groups excluding carboxylic acids is 1. The summed E-state index contributed by atoms with van der Waals surface area (Å²) in [5.74, 6) is -0.0914. The van der Waals surface area contributed by atoms with Gasteiger partial charge in [0.15, 0.2) is 5.82 Å². The summed E-state index contributed by atoms with van der Waals surface area (Å²) < 4.78 is 14.3. The van der Waals surface area contributed by atoms with Gasteiger partial charge in [-0.05, 0) is 55.7 Å². The second kappa shape index (κ2) is 7.58.